The third kappa shape index (κ3) is 4.14. The molecule has 0 saturated heterocycles. The maximum atomic E-state index is 12.0. The summed E-state index contributed by atoms with van der Waals surface area (Å²) in [5, 5.41) is 35.1. The van der Waals surface area contributed by atoms with Gasteiger partial charge in [-0.1, -0.05) is 28.1 Å². The van der Waals surface area contributed by atoms with Gasteiger partial charge in [-0.2, -0.15) is 5.10 Å². The molecule has 0 aromatic heterocycles. The summed E-state index contributed by atoms with van der Waals surface area (Å²) >= 11 is 3.06. The van der Waals surface area contributed by atoms with Crippen molar-refractivity contribution in [3.8, 4) is 5.75 Å². The van der Waals surface area contributed by atoms with E-state index in [2.05, 4.69) is 26.5 Å². The van der Waals surface area contributed by atoms with E-state index in [0.717, 1.165) is 12.3 Å². The van der Waals surface area contributed by atoms with Gasteiger partial charge in [-0.25, -0.2) is 5.43 Å². The number of hydrogen-bond donors (Lipinski definition) is 2. The van der Waals surface area contributed by atoms with Gasteiger partial charge in [0, 0.05) is 22.2 Å². The van der Waals surface area contributed by atoms with Crippen LogP contribution in [-0.2, 0) is 0 Å². The zero-order valence-corrected chi connectivity index (χ0v) is 13.8. The molecule has 10 nitrogen and oxygen atoms in total. The lowest BCUT2D eigenvalue weighted by Crippen LogP contribution is -2.19. The molecule has 25 heavy (non-hydrogen) atoms. The minimum atomic E-state index is -0.840. The summed E-state index contributed by atoms with van der Waals surface area (Å²) in [5.41, 5.74) is 0.910. The van der Waals surface area contributed by atoms with E-state index in [4.69, 9.17) is 0 Å². The molecule has 0 spiro atoms. The molecule has 2 aromatic rings. The Morgan fingerprint density at radius 2 is 1.80 bits per heavy atom. The first-order valence-corrected chi connectivity index (χ1v) is 7.34. The number of nitro groups is 2. The Hall–Kier alpha value is -3.34. The molecule has 2 rings (SSSR count). The summed E-state index contributed by atoms with van der Waals surface area (Å²) in [5.74, 6) is -1.47. The van der Waals surface area contributed by atoms with Crippen LogP contribution in [-0.4, -0.2) is 27.1 Å². The van der Waals surface area contributed by atoms with Crippen LogP contribution in [0.1, 0.15) is 15.9 Å². The molecular weight excluding hydrogens is 400 g/mol. The standard InChI is InChI=1S/C14H9BrN4O6/c15-9-5-8(13(20)12(6-9)19(24)25)7-16-17-14(21)10-3-1-2-4-11(10)18(22)23/h1-7,20H,(H,17,21)/b16-7-. The van der Waals surface area contributed by atoms with Crippen molar-refractivity contribution >= 4 is 39.4 Å². The number of benzene rings is 2. The third-order valence-corrected chi connectivity index (χ3v) is 3.45. The maximum absolute atomic E-state index is 12.0. The molecule has 0 radical (unpaired) electrons. The van der Waals surface area contributed by atoms with Gasteiger partial charge >= 0.3 is 5.69 Å². The first-order valence-electron chi connectivity index (χ1n) is 6.55. The molecule has 0 aliphatic heterocycles. The molecule has 0 heterocycles. The van der Waals surface area contributed by atoms with Crippen LogP contribution in [0.25, 0.3) is 0 Å². The van der Waals surface area contributed by atoms with Crippen LogP contribution in [0.15, 0.2) is 46.0 Å². The Labute approximate surface area is 148 Å². The number of para-hydroxylation sites is 1. The van der Waals surface area contributed by atoms with Crippen LogP contribution in [0, 0.1) is 20.2 Å². The monoisotopic (exact) mass is 408 g/mol. The van der Waals surface area contributed by atoms with Gasteiger partial charge in [0.05, 0.1) is 16.1 Å². The normalized spacial score (nSPS) is 10.6. The van der Waals surface area contributed by atoms with E-state index < -0.39 is 32.9 Å². The lowest BCUT2D eigenvalue weighted by atomic mass is 10.2. The maximum Gasteiger partial charge on any atom is 0.312 e. The van der Waals surface area contributed by atoms with Crippen molar-refractivity contribution in [2.24, 2.45) is 5.10 Å². The number of carbonyl (C=O) groups excluding carboxylic acids is 1. The van der Waals surface area contributed by atoms with Crippen molar-refractivity contribution in [2.45, 2.75) is 0 Å². The number of rotatable bonds is 5. The van der Waals surface area contributed by atoms with Crippen LogP contribution in [0.2, 0.25) is 0 Å². The molecule has 1 amide bonds. The van der Waals surface area contributed by atoms with Gasteiger partial charge < -0.3 is 5.11 Å². The number of aromatic hydroxyl groups is 1. The number of carbonyl (C=O) groups is 1. The molecule has 128 valence electrons. The van der Waals surface area contributed by atoms with Crippen molar-refractivity contribution in [3.63, 3.8) is 0 Å². The largest absolute Gasteiger partial charge is 0.502 e. The first kappa shape index (κ1) is 18.0. The van der Waals surface area contributed by atoms with E-state index in [1.807, 2.05) is 0 Å². The fourth-order valence-electron chi connectivity index (χ4n) is 1.89. The van der Waals surface area contributed by atoms with Gasteiger partial charge in [0.25, 0.3) is 11.6 Å². The van der Waals surface area contributed by atoms with Gasteiger partial charge in [0.15, 0.2) is 0 Å². The number of nitro benzene ring substituents is 2. The highest BCUT2D eigenvalue weighted by molar-refractivity contribution is 9.10. The summed E-state index contributed by atoms with van der Waals surface area (Å²) in [4.78, 5) is 32.2. The molecule has 0 atom stereocenters. The van der Waals surface area contributed by atoms with Gasteiger partial charge in [-0.3, -0.25) is 25.0 Å². The smallest absolute Gasteiger partial charge is 0.312 e. The lowest BCUT2D eigenvalue weighted by Gasteiger charge is -2.03. The molecule has 2 N–H and O–H groups in total. The fourth-order valence-corrected chi connectivity index (χ4v) is 2.35. The molecule has 2 aromatic carbocycles. The van der Waals surface area contributed by atoms with Crippen molar-refractivity contribution < 1.29 is 19.7 Å². The zero-order valence-electron chi connectivity index (χ0n) is 12.2. The summed E-state index contributed by atoms with van der Waals surface area (Å²) < 4.78 is 0.323. The van der Waals surface area contributed by atoms with Gasteiger partial charge in [0.1, 0.15) is 5.56 Å². The summed E-state index contributed by atoms with van der Waals surface area (Å²) in [6, 6.07) is 7.75. The number of nitrogens with one attached hydrogen (secondary N) is 1. The second-order valence-electron chi connectivity index (χ2n) is 4.59. The predicted octanol–water partition coefficient (Wildman–Crippen LogP) is 2.74. The van der Waals surface area contributed by atoms with Crippen LogP contribution in [0.5, 0.6) is 5.75 Å². The van der Waals surface area contributed by atoms with Crippen molar-refractivity contribution in [1.82, 2.24) is 5.43 Å². The van der Waals surface area contributed by atoms with E-state index >= 15 is 0 Å². The van der Waals surface area contributed by atoms with Crippen molar-refractivity contribution in [1.29, 1.82) is 0 Å². The zero-order chi connectivity index (χ0) is 18.6. The average Bonchev–Trinajstić information content (AvgIpc) is 2.57. The quantitative estimate of drug-likeness (QED) is 0.441. The first-order chi connectivity index (χ1) is 11.8. The Morgan fingerprint density at radius 3 is 2.44 bits per heavy atom. The molecule has 0 unspecified atom stereocenters. The van der Waals surface area contributed by atoms with Crippen LogP contribution in [0.4, 0.5) is 11.4 Å². The number of amides is 1. The third-order valence-electron chi connectivity index (χ3n) is 3.00. The lowest BCUT2D eigenvalue weighted by molar-refractivity contribution is -0.386. The SMILES string of the molecule is O=C(N/N=C\c1cc(Br)cc([N+](=O)[O-])c1O)c1ccccc1[N+](=O)[O-]. The fraction of sp³-hybridized carbons (Fsp3) is 0. The number of hydrogen-bond acceptors (Lipinski definition) is 7. The molecule has 0 fully saturated rings. The topological polar surface area (TPSA) is 148 Å². The summed E-state index contributed by atoms with van der Waals surface area (Å²) in [6.07, 6.45) is 0.986. The molecule has 0 aliphatic carbocycles. The highest BCUT2D eigenvalue weighted by Gasteiger charge is 2.19. The minimum Gasteiger partial charge on any atom is -0.502 e. The summed E-state index contributed by atoms with van der Waals surface area (Å²) in [7, 11) is 0. The van der Waals surface area contributed by atoms with Crippen molar-refractivity contribution in [2.75, 3.05) is 0 Å². The Kier molecular flexibility index (Phi) is 5.39. The van der Waals surface area contributed by atoms with Gasteiger partial charge in [0.2, 0.25) is 5.75 Å². The van der Waals surface area contributed by atoms with Gasteiger partial charge in [-0.05, 0) is 12.1 Å². The molecule has 0 bridgehead atoms. The van der Waals surface area contributed by atoms with Crippen LogP contribution < -0.4 is 5.43 Å². The molecule has 0 aliphatic rings. The second kappa shape index (κ2) is 7.49. The number of phenols is 1. The van der Waals surface area contributed by atoms with E-state index in [0.29, 0.717) is 4.47 Å². The highest BCUT2D eigenvalue weighted by atomic mass is 79.9. The Morgan fingerprint density at radius 1 is 1.16 bits per heavy atom. The van der Waals surface area contributed by atoms with E-state index in [1.54, 1.807) is 0 Å². The molecule has 11 heteroatoms. The van der Waals surface area contributed by atoms with Crippen LogP contribution in [0.3, 0.4) is 0 Å². The summed E-state index contributed by atoms with van der Waals surface area (Å²) in [6.45, 7) is 0. The number of phenolic OH excluding ortho intramolecular Hbond substituents is 1. The Bertz CT molecular complexity index is 899. The molecular formula is C14H9BrN4O6. The minimum absolute atomic E-state index is 0.0241. The predicted molar refractivity (Wildman–Crippen MR) is 90.6 cm³/mol. The van der Waals surface area contributed by atoms with Gasteiger partial charge in [-0.15, -0.1) is 0 Å². The van der Waals surface area contributed by atoms with Crippen LogP contribution >= 0.6 is 15.9 Å². The van der Waals surface area contributed by atoms with E-state index in [-0.39, 0.29) is 11.1 Å². The number of hydrazone groups is 1. The van der Waals surface area contributed by atoms with Crippen molar-refractivity contribution in [3.05, 3.63) is 72.2 Å². The van der Waals surface area contributed by atoms with E-state index in [1.165, 1.54) is 30.3 Å². The second-order valence-corrected chi connectivity index (χ2v) is 5.51. The number of nitrogens with zero attached hydrogens (tertiary/aromatic N) is 3. The average molecular weight is 409 g/mol. The number of halogens is 1. The Balaban J connectivity index is 2.24. The van der Waals surface area contributed by atoms with E-state index in [9.17, 15) is 30.1 Å². The highest BCUT2D eigenvalue weighted by Crippen LogP contribution is 2.32. The molecule has 0 saturated carbocycles.